The molecule has 0 radical (unpaired) electrons. The number of pyridine rings is 1. The molecular formula is C21H15BrN4O3S. The third-order valence-corrected chi connectivity index (χ3v) is 5.58. The number of carbonyl (C=O) groups excluding carboxylic acids is 1. The summed E-state index contributed by atoms with van der Waals surface area (Å²) in [5.41, 5.74) is 1.32. The number of hydrogen-bond donors (Lipinski definition) is 1. The first kappa shape index (κ1) is 20.1. The highest BCUT2D eigenvalue weighted by Crippen LogP contribution is 2.35. The molecule has 0 bridgehead atoms. The Hall–Kier alpha value is -3.17. The van der Waals surface area contributed by atoms with E-state index in [0.717, 1.165) is 10.0 Å². The van der Waals surface area contributed by atoms with Gasteiger partial charge in [0.1, 0.15) is 11.5 Å². The van der Waals surface area contributed by atoms with Gasteiger partial charge in [0.15, 0.2) is 5.17 Å². The molecule has 0 spiro atoms. The summed E-state index contributed by atoms with van der Waals surface area (Å²) < 4.78 is 6.18. The highest BCUT2D eigenvalue weighted by atomic mass is 79.9. The first-order chi connectivity index (χ1) is 14.6. The zero-order valence-corrected chi connectivity index (χ0v) is 17.9. The second kappa shape index (κ2) is 9.10. The predicted octanol–water partition coefficient (Wildman–Crippen LogP) is 4.65. The molecule has 4 rings (SSSR count). The molecule has 1 N–H and O–H groups in total. The van der Waals surface area contributed by atoms with E-state index in [2.05, 4.69) is 31.1 Å². The number of phenolic OH excluding ortho intramolecular Hbond substituents is 1. The Kier molecular flexibility index (Phi) is 6.10. The monoisotopic (exact) mass is 482 g/mol. The van der Waals surface area contributed by atoms with E-state index in [-0.39, 0.29) is 18.2 Å². The molecule has 0 saturated carbocycles. The predicted molar refractivity (Wildman–Crippen MR) is 120 cm³/mol. The Morgan fingerprint density at radius 1 is 1.27 bits per heavy atom. The van der Waals surface area contributed by atoms with Crippen molar-refractivity contribution in [1.29, 1.82) is 0 Å². The van der Waals surface area contributed by atoms with Gasteiger partial charge in [-0.2, -0.15) is 5.10 Å². The molecule has 1 saturated heterocycles. The van der Waals surface area contributed by atoms with Gasteiger partial charge in [-0.3, -0.25) is 14.7 Å². The van der Waals surface area contributed by atoms with Gasteiger partial charge in [-0.15, -0.1) is 5.10 Å². The third kappa shape index (κ3) is 4.69. The van der Waals surface area contributed by atoms with Crippen LogP contribution in [0.1, 0.15) is 16.9 Å². The van der Waals surface area contributed by atoms with Gasteiger partial charge in [0.25, 0.3) is 5.91 Å². The summed E-state index contributed by atoms with van der Waals surface area (Å²) in [5, 5.41) is 18.9. The zero-order chi connectivity index (χ0) is 20.9. The SMILES string of the molecule is O=C1/C(=C/c2cc(Br)ccc2O)S/C(=N\N=C\c2cccnc2)N1Cc1ccco1. The fraction of sp³-hybridized carbons (Fsp3) is 0.0476. The van der Waals surface area contributed by atoms with Gasteiger partial charge in [0, 0.05) is 28.0 Å². The van der Waals surface area contributed by atoms with Crippen LogP contribution in [0.25, 0.3) is 6.08 Å². The van der Waals surface area contributed by atoms with Gasteiger partial charge in [-0.1, -0.05) is 22.0 Å². The quantitative estimate of drug-likeness (QED) is 0.324. The van der Waals surface area contributed by atoms with Crippen molar-refractivity contribution in [3.8, 4) is 5.75 Å². The van der Waals surface area contributed by atoms with Crippen molar-refractivity contribution in [2.75, 3.05) is 0 Å². The van der Waals surface area contributed by atoms with Gasteiger partial charge in [0.2, 0.25) is 0 Å². The van der Waals surface area contributed by atoms with E-state index in [1.165, 1.54) is 16.7 Å². The van der Waals surface area contributed by atoms with Crippen LogP contribution in [0, 0.1) is 0 Å². The third-order valence-electron chi connectivity index (χ3n) is 4.09. The molecular weight excluding hydrogens is 468 g/mol. The molecule has 7 nitrogen and oxygen atoms in total. The van der Waals surface area contributed by atoms with Crippen molar-refractivity contribution in [1.82, 2.24) is 9.88 Å². The number of amides is 1. The van der Waals surface area contributed by atoms with E-state index in [1.54, 1.807) is 67.3 Å². The minimum absolute atomic E-state index is 0.0803. The number of halogens is 1. The second-order valence-electron chi connectivity index (χ2n) is 6.20. The standard InChI is InChI=1S/C21H15BrN4O3S/c22-16-5-6-18(27)15(9-16)10-19-20(28)26(13-17-4-2-8-29-17)21(30-19)25-24-12-14-3-1-7-23-11-14/h1-12,27H,13H2/b19-10-,24-12+,25-21-. The summed E-state index contributed by atoms with van der Waals surface area (Å²) in [6.45, 7) is 0.224. The van der Waals surface area contributed by atoms with Crippen molar-refractivity contribution in [2.45, 2.75) is 6.54 Å². The lowest BCUT2D eigenvalue weighted by Gasteiger charge is -2.12. The van der Waals surface area contributed by atoms with Crippen LogP contribution in [-0.2, 0) is 11.3 Å². The van der Waals surface area contributed by atoms with E-state index in [9.17, 15) is 9.90 Å². The van der Waals surface area contributed by atoms with Crippen LogP contribution in [0.4, 0.5) is 0 Å². The van der Waals surface area contributed by atoms with Crippen LogP contribution in [0.5, 0.6) is 5.75 Å². The van der Waals surface area contributed by atoms with Crippen LogP contribution in [0.2, 0.25) is 0 Å². The molecule has 2 aromatic heterocycles. The molecule has 1 aromatic carbocycles. The molecule has 1 aliphatic rings. The van der Waals surface area contributed by atoms with Gasteiger partial charge in [-0.05, 0) is 54.2 Å². The molecule has 30 heavy (non-hydrogen) atoms. The summed E-state index contributed by atoms with van der Waals surface area (Å²) in [4.78, 5) is 19.0. The number of nitrogens with zero attached hydrogens (tertiary/aromatic N) is 4. The molecule has 0 atom stereocenters. The van der Waals surface area contributed by atoms with Crippen molar-refractivity contribution in [2.24, 2.45) is 10.2 Å². The Labute approximate surface area is 185 Å². The number of aromatic nitrogens is 1. The summed E-state index contributed by atoms with van der Waals surface area (Å²) in [7, 11) is 0. The van der Waals surface area contributed by atoms with Crippen molar-refractivity contribution in [3.05, 3.63) is 87.4 Å². The fourth-order valence-electron chi connectivity index (χ4n) is 2.66. The molecule has 1 amide bonds. The molecule has 1 fully saturated rings. The molecule has 1 aliphatic heterocycles. The van der Waals surface area contributed by atoms with Gasteiger partial charge in [0.05, 0.1) is 23.9 Å². The van der Waals surface area contributed by atoms with Crippen LogP contribution in [0.15, 0.2) is 85.1 Å². The number of hydrogen-bond acceptors (Lipinski definition) is 7. The number of rotatable bonds is 5. The average Bonchev–Trinajstić information content (AvgIpc) is 3.36. The van der Waals surface area contributed by atoms with E-state index in [1.807, 2.05) is 6.07 Å². The summed E-state index contributed by atoms with van der Waals surface area (Å²) in [6, 6.07) is 12.2. The number of furan rings is 1. The minimum atomic E-state index is -0.244. The van der Waals surface area contributed by atoms with Crippen molar-refractivity contribution < 1.29 is 14.3 Å². The van der Waals surface area contributed by atoms with Crippen LogP contribution >= 0.6 is 27.7 Å². The molecule has 9 heteroatoms. The van der Waals surface area contributed by atoms with Crippen LogP contribution in [0.3, 0.4) is 0 Å². The lowest BCUT2D eigenvalue weighted by Crippen LogP contribution is -2.28. The van der Waals surface area contributed by atoms with E-state index < -0.39 is 0 Å². The fourth-order valence-corrected chi connectivity index (χ4v) is 3.96. The first-order valence-corrected chi connectivity index (χ1v) is 10.4. The Balaban J connectivity index is 1.65. The van der Waals surface area contributed by atoms with Gasteiger partial charge >= 0.3 is 0 Å². The number of benzene rings is 1. The van der Waals surface area contributed by atoms with Gasteiger partial charge in [-0.25, -0.2) is 0 Å². The number of amidine groups is 1. The Bertz CT molecular complexity index is 1140. The van der Waals surface area contributed by atoms with Crippen LogP contribution in [-0.4, -0.2) is 32.3 Å². The topological polar surface area (TPSA) is 91.3 Å². The molecule has 150 valence electrons. The molecule has 3 heterocycles. The minimum Gasteiger partial charge on any atom is -0.507 e. The zero-order valence-electron chi connectivity index (χ0n) is 15.5. The Morgan fingerprint density at radius 2 is 2.17 bits per heavy atom. The highest BCUT2D eigenvalue weighted by Gasteiger charge is 2.34. The second-order valence-corrected chi connectivity index (χ2v) is 8.12. The van der Waals surface area contributed by atoms with Crippen LogP contribution < -0.4 is 0 Å². The summed E-state index contributed by atoms with van der Waals surface area (Å²) in [5.74, 6) is 0.460. The number of phenols is 1. The van der Waals surface area contributed by atoms with E-state index >= 15 is 0 Å². The van der Waals surface area contributed by atoms with E-state index in [4.69, 9.17) is 4.42 Å². The number of aromatic hydroxyl groups is 1. The normalized spacial score (nSPS) is 17.0. The molecule has 0 aliphatic carbocycles. The van der Waals surface area contributed by atoms with Crippen molar-refractivity contribution >= 4 is 51.1 Å². The molecule has 0 unspecified atom stereocenters. The number of thioether (sulfide) groups is 1. The maximum atomic E-state index is 13.0. The van der Waals surface area contributed by atoms with Gasteiger partial charge < -0.3 is 9.52 Å². The largest absolute Gasteiger partial charge is 0.507 e. The first-order valence-electron chi connectivity index (χ1n) is 8.83. The summed E-state index contributed by atoms with van der Waals surface area (Å²) >= 11 is 4.56. The summed E-state index contributed by atoms with van der Waals surface area (Å²) in [6.07, 6.45) is 8.09. The lowest BCUT2D eigenvalue weighted by molar-refractivity contribution is -0.122. The Morgan fingerprint density at radius 3 is 2.93 bits per heavy atom. The smallest absolute Gasteiger partial charge is 0.267 e. The highest BCUT2D eigenvalue weighted by molar-refractivity contribution is 9.10. The average molecular weight is 483 g/mol. The van der Waals surface area contributed by atoms with E-state index in [0.29, 0.717) is 21.4 Å². The maximum absolute atomic E-state index is 13.0. The molecule has 3 aromatic rings. The lowest BCUT2D eigenvalue weighted by atomic mass is 10.2. The maximum Gasteiger partial charge on any atom is 0.267 e. The number of carbonyl (C=O) groups is 1. The van der Waals surface area contributed by atoms with Crippen molar-refractivity contribution in [3.63, 3.8) is 0 Å².